The second kappa shape index (κ2) is 10.3. The lowest BCUT2D eigenvalue weighted by Gasteiger charge is -2.34. The molecule has 0 bridgehead atoms. The number of likely N-dealkylation sites (tertiary alicyclic amines) is 1. The van der Waals surface area contributed by atoms with Crippen LogP contribution in [0.1, 0.15) is 60.0 Å². The molecule has 1 unspecified atom stereocenters. The van der Waals surface area contributed by atoms with E-state index in [-0.39, 0.29) is 23.3 Å². The van der Waals surface area contributed by atoms with Crippen molar-refractivity contribution in [3.05, 3.63) is 83.4 Å². The number of carbonyl (C=O) groups is 2. The maximum absolute atomic E-state index is 12.5. The molecule has 1 N–H and O–H groups in total. The van der Waals surface area contributed by atoms with E-state index in [9.17, 15) is 14.7 Å². The van der Waals surface area contributed by atoms with E-state index in [1.54, 1.807) is 12.1 Å². The summed E-state index contributed by atoms with van der Waals surface area (Å²) in [6.07, 6.45) is 9.66. The van der Waals surface area contributed by atoms with Crippen molar-refractivity contribution in [3.63, 3.8) is 0 Å². The minimum absolute atomic E-state index is 0.00992. The lowest BCUT2D eigenvalue weighted by molar-refractivity contribution is -0.128. The standard InChI is InChI=1S/C28H33NO4/c1-33-27(32)22-11-9-21(10-12-22)17-20-29-24(14-16-26(29)31)13-15-25(30)28(18-5-6-19-28)23-7-3-2-4-8-23/h2-4,7-13,15,24-25,30H,5-6,14,16-20H2,1H3/t24-,25?/m0/s1. The number of hydrogen-bond donors (Lipinski definition) is 1. The first-order chi connectivity index (χ1) is 16.0. The lowest BCUT2D eigenvalue weighted by atomic mass is 9.74. The zero-order valence-corrected chi connectivity index (χ0v) is 19.3. The van der Waals surface area contributed by atoms with Gasteiger partial charge in [0.15, 0.2) is 0 Å². The van der Waals surface area contributed by atoms with Crippen molar-refractivity contribution in [3.8, 4) is 0 Å². The van der Waals surface area contributed by atoms with Gasteiger partial charge >= 0.3 is 5.97 Å². The highest BCUT2D eigenvalue weighted by molar-refractivity contribution is 5.89. The summed E-state index contributed by atoms with van der Waals surface area (Å²) in [4.78, 5) is 26.1. The molecule has 1 heterocycles. The molecule has 0 spiro atoms. The fraction of sp³-hybridized carbons (Fsp3) is 0.429. The van der Waals surface area contributed by atoms with Crippen molar-refractivity contribution < 1.29 is 19.4 Å². The van der Waals surface area contributed by atoms with Crippen molar-refractivity contribution in [2.24, 2.45) is 0 Å². The second-order valence-corrected chi connectivity index (χ2v) is 9.19. The topological polar surface area (TPSA) is 66.8 Å². The largest absolute Gasteiger partial charge is 0.465 e. The van der Waals surface area contributed by atoms with Gasteiger partial charge in [-0.1, -0.05) is 67.5 Å². The number of aliphatic hydroxyl groups is 1. The van der Waals surface area contributed by atoms with Gasteiger partial charge in [0.25, 0.3) is 0 Å². The zero-order valence-electron chi connectivity index (χ0n) is 19.3. The normalized spacial score (nSPS) is 21.0. The first kappa shape index (κ1) is 23.2. The van der Waals surface area contributed by atoms with Crippen molar-refractivity contribution >= 4 is 11.9 Å². The Kier molecular flexibility index (Phi) is 7.29. The van der Waals surface area contributed by atoms with Gasteiger partial charge in [0.2, 0.25) is 5.91 Å². The summed E-state index contributed by atoms with van der Waals surface area (Å²) in [6.45, 7) is 0.616. The van der Waals surface area contributed by atoms with Crippen molar-refractivity contribution in [1.82, 2.24) is 4.90 Å². The second-order valence-electron chi connectivity index (χ2n) is 9.19. The van der Waals surface area contributed by atoms with E-state index < -0.39 is 6.10 Å². The molecule has 0 radical (unpaired) electrons. The Hall–Kier alpha value is -2.92. The molecule has 1 amide bonds. The van der Waals surface area contributed by atoms with E-state index in [0.717, 1.165) is 37.7 Å². The summed E-state index contributed by atoms with van der Waals surface area (Å²) in [6, 6.07) is 17.7. The van der Waals surface area contributed by atoms with Crippen molar-refractivity contribution in [2.75, 3.05) is 13.7 Å². The van der Waals surface area contributed by atoms with E-state index in [1.165, 1.54) is 12.7 Å². The quantitative estimate of drug-likeness (QED) is 0.480. The lowest BCUT2D eigenvalue weighted by Crippen LogP contribution is -2.37. The Labute approximate surface area is 196 Å². The number of benzene rings is 2. The fourth-order valence-electron chi connectivity index (χ4n) is 5.37. The smallest absolute Gasteiger partial charge is 0.337 e. The number of ether oxygens (including phenoxy) is 1. The minimum Gasteiger partial charge on any atom is -0.465 e. The van der Waals surface area contributed by atoms with Gasteiger partial charge in [0.1, 0.15) is 0 Å². The predicted octanol–water partition coefficient (Wildman–Crippen LogP) is 4.44. The molecule has 2 aromatic rings. The van der Waals surface area contributed by atoms with Gasteiger partial charge in [0.05, 0.1) is 24.8 Å². The van der Waals surface area contributed by atoms with Crippen LogP contribution in [0, 0.1) is 0 Å². The van der Waals surface area contributed by atoms with E-state index >= 15 is 0 Å². The molecule has 2 aromatic carbocycles. The van der Waals surface area contributed by atoms with Gasteiger partial charge in [-0.15, -0.1) is 0 Å². The van der Waals surface area contributed by atoms with Crippen LogP contribution in [0.2, 0.25) is 0 Å². The van der Waals surface area contributed by atoms with E-state index in [1.807, 2.05) is 47.4 Å². The molecule has 2 atom stereocenters. The van der Waals surface area contributed by atoms with Gasteiger partial charge in [0, 0.05) is 18.4 Å². The molecule has 174 valence electrons. The van der Waals surface area contributed by atoms with Crippen LogP contribution in [0.3, 0.4) is 0 Å². The average Bonchev–Trinajstić information content (AvgIpc) is 3.49. The summed E-state index contributed by atoms with van der Waals surface area (Å²) < 4.78 is 4.74. The average molecular weight is 448 g/mol. The third kappa shape index (κ3) is 5.03. The van der Waals surface area contributed by atoms with E-state index in [2.05, 4.69) is 12.1 Å². The van der Waals surface area contributed by atoms with Gasteiger partial charge in [-0.3, -0.25) is 4.79 Å². The van der Waals surface area contributed by atoms with Crippen LogP contribution in [0.4, 0.5) is 0 Å². The van der Waals surface area contributed by atoms with Gasteiger partial charge in [-0.2, -0.15) is 0 Å². The highest BCUT2D eigenvalue weighted by Gasteiger charge is 2.41. The van der Waals surface area contributed by atoms with E-state index in [0.29, 0.717) is 24.9 Å². The maximum atomic E-state index is 12.5. The van der Waals surface area contributed by atoms with Crippen LogP contribution in [0.5, 0.6) is 0 Å². The molecule has 5 heteroatoms. The Bertz CT molecular complexity index is 977. The summed E-state index contributed by atoms with van der Waals surface area (Å²) in [5, 5.41) is 11.2. The molecule has 2 fully saturated rings. The van der Waals surface area contributed by atoms with Crippen LogP contribution in [0.15, 0.2) is 66.7 Å². The number of hydrogen-bond acceptors (Lipinski definition) is 4. The third-order valence-corrected chi connectivity index (χ3v) is 7.32. The Balaban J connectivity index is 1.41. The summed E-state index contributed by atoms with van der Waals surface area (Å²) >= 11 is 0. The van der Waals surface area contributed by atoms with E-state index in [4.69, 9.17) is 4.74 Å². The molecule has 1 saturated heterocycles. The van der Waals surface area contributed by atoms with Crippen LogP contribution >= 0.6 is 0 Å². The number of esters is 1. The Morgan fingerprint density at radius 3 is 2.52 bits per heavy atom. The summed E-state index contributed by atoms with van der Waals surface area (Å²) in [5.74, 6) is -0.195. The fourth-order valence-corrected chi connectivity index (χ4v) is 5.37. The molecular formula is C28H33NO4. The minimum atomic E-state index is -0.564. The SMILES string of the molecule is COC(=O)c1ccc(CCN2C(=O)CC[C@@H]2C=CC(O)C2(c3ccccc3)CCCC2)cc1. The molecule has 2 aliphatic rings. The third-order valence-electron chi connectivity index (χ3n) is 7.32. The van der Waals surface area contributed by atoms with Crippen molar-refractivity contribution in [2.45, 2.75) is 62.5 Å². The summed E-state index contributed by atoms with van der Waals surface area (Å²) in [7, 11) is 1.37. The highest BCUT2D eigenvalue weighted by atomic mass is 16.5. The van der Waals surface area contributed by atoms with Gasteiger partial charge < -0.3 is 14.7 Å². The Morgan fingerprint density at radius 2 is 1.85 bits per heavy atom. The molecule has 33 heavy (non-hydrogen) atoms. The van der Waals surface area contributed by atoms with Crippen LogP contribution < -0.4 is 0 Å². The van der Waals surface area contributed by atoms with Crippen LogP contribution in [-0.2, 0) is 21.4 Å². The van der Waals surface area contributed by atoms with Gasteiger partial charge in [-0.05, 0) is 48.9 Å². The number of carbonyl (C=O) groups excluding carboxylic acids is 2. The molecule has 1 aliphatic heterocycles. The number of nitrogens with zero attached hydrogens (tertiary/aromatic N) is 1. The molecule has 1 aliphatic carbocycles. The number of amides is 1. The van der Waals surface area contributed by atoms with Crippen LogP contribution in [-0.4, -0.2) is 47.7 Å². The van der Waals surface area contributed by atoms with Gasteiger partial charge in [-0.25, -0.2) is 4.79 Å². The summed E-state index contributed by atoms with van der Waals surface area (Å²) in [5.41, 5.74) is 2.56. The molecular weight excluding hydrogens is 414 g/mol. The Morgan fingerprint density at radius 1 is 1.15 bits per heavy atom. The van der Waals surface area contributed by atoms with Crippen LogP contribution in [0.25, 0.3) is 0 Å². The number of methoxy groups -OCH3 is 1. The number of aliphatic hydroxyl groups excluding tert-OH is 1. The molecule has 0 aromatic heterocycles. The first-order valence-electron chi connectivity index (χ1n) is 11.9. The zero-order chi connectivity index (χ0) is 23.3. The highest BCUT2D eigenvalue weighted by Crippen LogP contribution is 2.44. The molecule has 1 saturated carbocycles. The number of rotatable bonds is 8. The monoisotopic (exact) mass is 447 g/mol. The molecule has 4 rings (SSSR count). The molecule has 5 nitrogen and oxygen atoms in total. The maximum Gasteiger partial charge on any atom is 0.337 e. The predicted molar refractivity (Wildman–Crippen MR) is 128 cm³/mol. The first-order valence-corrected chi connectivity index (χ1v) is 11.9. The van der Waals surface area contributed by atoms with Crippen molar-refractivity contribution in [1.29, 1.82) is 0 Å².